The molecule has 1 aromatic carbocycles. The molecule has 64 valence electrons. The van der Waals surface area contributed by atoms with E-state index in [1.54, 1.807) is 24.4 Å². The van der Waals surface area contributed by atoms with E-state index in [4.69, 9.17) is 5.73 Å². The van der Waals surface area contributed by atoms with Crippen LogP contribution in [0.2, 0.25) is 0 Å². The van der Waals surface area contributed by atoms with E-state index < -0.39 is 5.91 Å². The lowest BCUT2D eigenvalue weighted by Gasteiger charge is -1.99. The molecule has 4 heteroatoms. The molecule has 13 heavy (non-hydrogen) atoms. The van der Waals surface area contributed by atoms with Crippen molar-refractivity contribution >= 4 is 16.8 Å². The Kier molecular flexibility index (Phi) is 1.66. The van der Waals surface area contributed by atoms with Gasteiger partial charge in [-0.1, -0.05) is 12.1 Å². The van der Waals surface area contributed by atoms with Crippen molar-refractivity contribution in [1.82, 2.24) is 10.2 Å². The van der Waals surface area contributed by atoms with Crippen LogP contribution in [-0.2, 0) is 0 Å². The normalized spacial score (nSPS) is 10.2. The fourth-order valence-electron chi connectivity index (χ4n) is 1.21. The number of hydrogen-bond acceptors (Lipinski definition) is 3. The average molecular weight is 173 g/mol. The molecule has 0 atom stereocenters. The van der Waals surface area contributed by atoms with Gasteiger partial charge in [-0.3, -0.25) is 4.79 Å². The highest BCUT2D eigenvalue weighted by Crippen LogP contribution is 2.13. The van der Waals surface area contributed by atoms with Gasteiger partial charge in [-0.05, 0) is 12.1 Å². The average Bonchev–Trinajstić information content (AvgIpc) is 2.17. The highest BCUT2D eigenvalue weighted by Gasteiger charge is 2.06. The third-order valence-corrected chi connectivity index (χ3v) is 1.81. The fraction of sp³-hybridized carbons (Fsp3) is 0. The van der Waals surface area contributed by atoms with Gasteiger partial charge < -0.3 is 5.73 Å². The molecule has 0 aliphatic rings. The van der Waals surface area contributed by atoms with E-state index in [1.807, 2.05) is 6.07 Å². The monoisotopic (exact) mass is 173 g/mol. The van der Waals surface area contributed by atoms with Crippen molar-refractivity contribution in [2.24, 2.45) is 5.73 Å². The number of nitrogens with two attached hydrogens (primary N) is 1. The quantitative estimate of drug-likeness (QED) is 0.691. The number of benzene rings is 1. The lowest BCUT2D eigenvalue weighted by molar-refractivity contribution is 0.100. The van der Waals surface area contributed by atoms with E-state index in [-0.39, 0.29) is 0 Å². The van der Waals surface area contributed by atoms with Gasteiger partial charge in [-0.15, -0.1) is 5.10 Å². The highest BCUT2D eigenvalue weighted by atomic mass is 16.1. The summed E-state index contributed by atoms with van der Waals surface area (Å²) >= 11 is 0. The van der Waals surface area contributed by atoms with E-state index in [9.17, 15) is 4.79 Å². The van der Waals surface area contributed by atoms with Crippen LogP contribution in [0.25, 0.3) is 10.9 Å². The summed E-state index contributed by atoms with van der Waals surface area (Å²) in [6.07, 6.45) is 1.58. The first-order valence-corrected chi connectivity index (χ1v) is 3.79. The Balaban J connectivity index is 2.83. The molecule has 2 aromatic rings. The number of rotatable bonds is 1. The third-order valence-electron chi connectivity index (χ3n) is 1.81. The fourth-order valence-corrected chi connectivity index (χ4v) is 1.21. The van der Waals surface area contributed by atoms with Crippen molar-refractivity contribution in [3.8, 4) is 0 Å². The molecule has 0 saturated carbocycles. The first kappa shape index (κ1) is 7.67. The highest BCUT2D eigenvalue weighted by molar-refractivity contribution is 6.04. The lowest BCUT2D eigenvalue weighted by atomic mass is 10.1. The second kappa shape index (κ2) is 2.82. The molecular formula is C9H7N3O. The Labute approximate surface area is 74.4 Å². The maximum Gasteiger partial charge on any atom is 0.250 e. The maximum atomic E-state index is 11.0. The van der Waals surface area contributed by atoms with Crippen LogP contribution in [-0.4, -0.2) is 16.1 Å². The Morgan fingerprint density at radius 1 is 1.31 bits per heavy atom. The van der Waals surface area contributed by atoms with Crippen molar-refractivity contribution in [1.29, 1.82) is 0 Å². The topological polar surface area (TPSA) is 68.9 Å². The molecule has 0 aliphatic carbocycles. The van der Waals surface area contributed by atoms with Gasteiger partial charge >= 0.3 is 0 Å². The minimum atomic E-state index is -0.480. The minimum absolute atomic E-state index is 0.408. The molecule has 4 nitrogen and oxygen atoms in total. The second-order valence-electron chi connectivity index (χ2n) is 2.64. The zero-order valence-corrected chi connectivity index (χ0v) is 6.77. The molecule has 2 N–H and O–H groups in total. The molecular weight excluding hydrogens is 166 g/mol. The Morgan fingerprint density at radius 2 is 2.15 bits per heavy atom. The number of fused-ring (bicyclic) bond motifs is 1. The molecule has 1 heterocycles. The number of amides is 1. The maximum absolute atomic E-state index is 11.0. The zero-order valence-electron chi connectivity index (χ0n) is 6.77. The van der Waals surface area contributed by atoms with Crippen molar-refractivity contribution in [3.05, 3.63) is 36.0 Å². The molecule has 0 bridgehead atoms. The Bertz CT molecular complexity index is 462. The summed E-state index contributed by atoms with van der Waals surface area (Å²) in [6.45, 7) is 0. The summed E-state index contributed by atoms with van der Waals surface area (Å²) < 4.78 is 0. The van der Waals surface area contributed by atoms with Crippen LogP contribution in [0.4, 0.5) is 0 Å². The predicted octanol–water partition coefficient (Wildman–Crippen LogP) is 0.729. The molecule has 0 saturated heterocycles. The van der Waals surface area contributed by atoms with Crippen molar-refractivity contribution in [2.75, 3.05) is 0 Å². The van der Waals surface area contributed by atoms with E-state index in [0.29, 0.717) is 11.1 Å². The molecule has 2 rings (SSSR count). The van der Waals surface area contributed by atoms with Crippen LogP contribution >= 0.6 is 0 Å². The second-order valence-corrected chi connectivity index (χ2v) is 2.64. The van der Waals surface area contributed by atoms with Gasteiger partial charge in [-0.2, -0.15) is 5.10 Å². The number of carbonyl (C=O) groups excluding carboxylic acids is 1. The zero-order chi connectivity index (χ0) is 9.26. The summed E-state index contributed by atoms with van der Waals surface area (Å²) in [6, 6.07) is 7.05. The Morgan fingerprint density at radius 3 is 2.92 bits per heavy atom. The van der Waals surface area contributed by atoms with Gasteiger partial charge in [0.05, 0.1) is 11.8 Å². The smallest absolute Gasteiger partial charge is 0.250 e. The van der Waals surface area contributed by atoms with Crippen LogP contribution < -0.4 is 5.73 Å². The van der Waals surface area contributed by atoms with Gasteiger partial charge in [0.2, 0.25) is 0 Å². The van der Waals surface area contributed by atoms with Gasteiger partial charge in [0.25, 0.3) is 5.91 Å². The summed E-state index contributed by atoms with van der Waals surface area (Å²) in [5.74, 6) is -0.480. The number of primary amides is 1. The van der Waals surface area contributed by atoms with Crippen molar-refractivity contribution in [3.63, 3.8) is 0 Å². The van der Waals surface area contributed by atoms with Crippen LogP contribution in [0.1, 0.15) is 10.4 Å². The number of nitrogens with zero attached hydrogens (tertiary/aromatic N) is 2. The van der Waals surface area contributed by atoms with E-state index >= 15 is 0 Å². The molecule has 1 aromatic heterocycles. The van der Waals surface area contributed by atoms with Crippen LogP contribution in [0.15, 0.2) is 30.5 Å². The van der Waals surface area contributed by atoms with E-state index in [1.165, 1.54) is 0 Å². The van der Waals surface area contributed by atoms with Crippen LogP contribution in [0.5, 0.6) is 0 Å². The standard InChI is InChI=1S/C9H7N3O/c10-9(13)7-3-1-2-6-4-5-11-12-8(6)7/h1-5H,(H2,10,13). The van der Waals surface area contributed by atoms with Gasteiger partial charge in [0.15, 0.2) is 0 Å². The largest absolute Gasteiger partial charge is 0.366 e. The summed E-state index contributed by atoms with van der Waals surface area (Å²) in [7, 11) is 0. The molecule has 0 unspecified atom stereocenters. The third kappa shape index (κ3) is 1.22. The molecule has 0 fully saturated rings. The number of carbonyl (C=O) groups is 1. The molecule has 1 amide bonds. The molecule has 0 aliphatic heterocycles. The van der Waals surface area contributed by atoms with Crippen molar-refractivity contribution in [2.45, 2.75) is 0 Å². The van der Waals surface area contributed by atoms with Gasteiger partial charge in [-0.25, -0.2) is 0 Å². The van der Waals surface area contributed by atoms with Gasteiger partial charge in [0.1, 0.15) is 5.52 Å². The molecule has 0 spiro atoms. The SMILES string of the molecule is NC(=O)c1cccc2ccnnc12. The van der Waals surface area contributed by atoms with Crippen LogP contribution in [0, 0.1) is 0 Å². The van der Waals surface area contributed by atoms with Crippen LogP contribution in [0.3, 0.4) is 0 Å². The first-order valence-electron chi connectivity index (χ1n) is 3.79. The number of aromatic nitrogens is 2. The van der Waals surface area contributed by atoms with E-state index in [2.05, 4.69) is 10.2 Å². The number of hydrogen-bond donors (Lipinski definition) is 1. The predicted molar refractivity (Wildman–Crippen MR) is 48.1 cm³/mol. The summed E-state index contributed by atoms with van der Waals surface area (Å²) in [4.78, 5) is 11.0. The van der Waals surface area contributed by atoms with E-state index in [0.717, 1.165) is 5.39 Å². The lowest BCUT2D eigenvalue weighted by Crippen LogP contribution is -2.11. The summed E-state index contributed by atoms with van der Waals surface area (Å²) in [5.41, 5.74) is 6.13. The van der Waals surface area contributed by atoms with Gasteiger partial charge in [0, 0.05) is 5.39 Å². The Hall–Kier alpha value is -1.97. The molecule has 0 radical (unpaired) electrons. The first-order chi connectivity index (χ1) is 6.29. The summed E-state index contributed by atoms with van der Waals surface area (Å²) in [5, 5.41) is 8.42. The van der Waals surface area contributed by atoms with Crippen molar-refractivity contribution < 1.29 is 4.79 Å². The minimum Gasteiger partial charge on any atom is -0.366 e.